The Balaban J connectivity index is 1.84. The molecule has 2 aromatic rings. The van der Waals surface area contributed by atoms with Gasteiger partial charge in [-0.1, -0.05) is 0 Å². The number of rotatable bonds is 5. The first-order valence-corrected chi connectivity index (χ1v) is 9.73. The maximum absolute atomic E-state index is 12.5. The maximum atomic E-state index is 12.5. The van der Waals surface area contributed by atoms with Gasteiger partial charge in [0.2, 0.25) is 0 Å². The molecule has 1 aromatic carbocycles. The zero-order valence-corrected chi connectivity index (χ0v) is 16.8. The smallest absolute Gasteiger partial charge is 0.326 e. The largest absolute Gasteiger partial charge is 0.465 e. The van der Waals surface area contributed by atoms with Crippen LogP contribution in [-0.2, 0) is 14.3 Å². The Kier molecular flexibility index (Phi) is 5.82. The minimum absolute atomic E-state index is 0.203. The summed E-state index contributed by atoms with van der Waals surface area (Å²) in [4.78, 5) is 37.3. The number of ether oxygens (including phenoxy) is 1. The third kappa shape index (κ3) is 4.01. The molecule has 3 rings (SSSR count). The average Bonchev–Trinajstić information content (AvgIpc) is 3.16. The number of imide groups is 1. The molecule has 0 unspecified atom stereocenters. The van der Waals surface area contributed by atoms with E-state index >= 15 is 0 Å². The van der Waals surface area contributed by atoms with Crippen molar-refractivity contribution >= 4 is 57.5 Å². The Morgan fingerprint density at radius 3 is 2.65 bits per heavy atom. The molecule has 1 aliphatic rings. The quantitative estimate of drug-likeness (QED) is 0.370. The Morgan fingerprint density at radius 2 is 1.96 bits per heavy atom. The number of aromatic nitrogens is 1. The minimum atomic E-state index is -0.599. The molecule has 0 saturated carbocycles. The summed E-state index contributed by atoms with van der Waals surface area (Å²) >= 11 is 3.06. The number of amides is 2. The van der Waals surface area contributed by atoms with Gasteiger partial charge in [0.15, 0.2) is 0 Å². The molecular weight excluding hydrogens is 467 g/mol. The standard InChI is InChI=1S/C18H15IN2O4S/c1-2-25-16(22)11-21-17(23)15(26-18(21)24)10-14-4-3-9-20(14)13-7-5-12(19)6-8-13/h3-10H,2,11H2,1H3. The second kappa shape index (κ2) is 8.09. The number of benzene rings is 1. The summed E-state index contributed by atoms with van der Waals surface area (Å²) in [5.41, 5.74) is 1.72. The van der Waals surface area contributed by atoms with Crippen molar-refractivity contribution in [2.24, 2.45) is 0 Å². The minimum Gasteiger partial charge on any atom is -0.465 e. The van der Waals surface area contributed by atoms with Crippen LogP contribution in [0, 0.1) is 3.57 Å². The van der Waals surface area contributed by atoms with Gasteiger partial charge in [-0.25, -0.2) is 0 Å². The predicted octanol–water partition coefficient (Wildman–Crippen LogP) is 3.68. The lowest BCUT2D eigenvalue weighted by molar-refractivity contribution is -0.145. The van der Waals surface area contributed by atoms with E-state index in [1.807, 2.05) is 47.2 Å². The van der Waals surface area contributed by atoms with Gasteiger partial charge in [0.05, 0.1) is 11.5 Å². The van der Waals surface area contributed by atoms with Crippen LogP contribution in [0.1, 0.15) is 12.6 Å². The molecule has 8 heteroatoms. The lowest BCUT2D eigenvalue weighted by Crippen LogP contribution is -2.34. The molecular formula is C18H15IN2O4S. The van der Waals surface area contributed by atoms with E-state index in [0.717, 1.165) is 31.6 Å². The second-order valence-corrected chi connectivity index (χ2v) is 7.59. The second-order valence-electron chi connectivity index (χ2n) is 5.35. The van der Waals surface area contributed by atoms with Crippen LogP contribution in [0.2, 0.25) is 0 Å². The predicted molar refractivity (Wildman–Crippen MR) is 108 cm³/mol. The van der Waals surface area contributed by atoms with Crippen molar-refractivity contribution in [3.8, 4) is 5.69 Å². The van der Waals surface area contributed by atoms with Crippen LogP contribution in [0.3, 0.4) is 0 Å². The highest BCUT2D eigenvalue weighted by Crippen LogP contribution is 2.32. The number of carbonyl (C=O) groups is 3. The highest BCUT2D eigenvalue weighted by molar-refractivity contribution is 14.1. The monoisotopic (exact) mass is 482 g/mol. The maximum Gasteiger partial charge on any atom is 0.326 e. The average molecular weight is 482 g/mol. The molecule has 26 heavy (non-hydrogen) atoms. The summed E-state index contributed by atoms with van der Waals surface area (Å²) in [6.07, 6.45) is 3.55. The molecule has 2 heterocycles. The first-order valence-electron chi connectivity index (χ1n) is 7.84. The zero-order valence-electron chi connectivity index (χ0n) is 13.8. The Morgan fingerprint density at radius 1 is 1.23 bits per heavy atom. The number of nitrogens with zero attached hydrogens (tertiary/aromatic N) is 2. The topological polar surface area (TPSA) is 68.6 Å². The van der Waals surface area contributed by atoms with E-state index in [0.29, 0.717) is 0 Å². The van der Waals surface area contributed by atoms with Crippen LogP contribution in [-0.4, -0.2) is 39.7 Å². The van der Waals surface area contributed by atoms with E-state index in [1.54, 1.807) is 13.0 Å². The first kappa shape index (κ1) is 18.7. The van der Waals surface area contributed by atoms with Crippen molar-refractivity contribution in [2.75, 3.05) is 13.2 Å². The molecule has 0 spiro atoms. The highest BCUT2D eigenvalue weighted by Gasteiger charge is 2.36. The van der Waals surface area contributed by atoms with Crippen molar-refractivity contribution in [2.45, 2.75) is 6.92 Å². The van der Waals surface area contributed by atoms with Crippen LogP contribution in [0.25, 0.3) is 11.8 Å². The van der Waals surface area contributed by atoms with Crippen molar-refractivity contribution in [1.82, 2.24) is 9.47 Å². The van der Waals surface area contributed by atoms with Crippen LogP contribution in [0.5, 0.6) is 0 Å². The summed E-state index contributed by atoms with van der Waals surface area (Å²) in [6.45, 7) is 1.51. The van der Waals surface area contributed by atoms with E-state index in [2.05, 4.69) is 22.6 Å². The molecule has 0 atom stereocenters. The molecule has 1 aromatic heterocycles. The Labute approximate surface area is 168 Å². The summed E-state index contributed by atoms with van der Waals surface area (Å²) < 4.78 is 7.86. The fourth-order valence-electron chi connectivity index (χ4n) is 2.45. The molecule has 0 bridgehead atoms. The summed E-state index contributed by atoms with van der Waals surface area (Å²) in [7, 11) is 0. The van der Waals surface area contributed by atoms with Crippen LogP contribution in [0.15, 0.2) is 47.5 Å². The van der Waals surface area contributed by atoms with E-state index in [1.165, 1.54) is 0 Å². The van der Waals surface area contributed by atoms with Gasteiger partial charge in [0, 0.05) is 21.1 Å². The third-order valence-corrected chi connectivity index (χ3v) is 5.26. The number of thioether (sulfide) groups is 1. The normalized spacial score (nSPS) is 15.8. The summed E-state index contributed by atoms with van der Waals surface area (Å²) in [5.74, 6) is -1.08. The van der Waals surface area contributed by atoms with Crippen LogP contribution >= 0.6 is 34.4 Å². The van der Waals surface area contributed by atoms with Crippen molar-refractivity contribution in [3.63, 3.8) is 0 Å². The molecule has 0 aliphatic carbocycles. The number of hydrogen-bond acceptors (Lipinski definition) is 5. The molecule has 1 fully saturated rings. The molecule has 0 N–H and O–H groups in total. The molecule has 1 saturated heterocycles. The zero-order chi connectivity index (χ0) is 18.7. The number of carbonyl (C=O) groups excluding carboxylic acids is 3. The van der Waals surface area contributed by atoms with Gasteiger partial charge in [0.25, 0.3) is 11.1 Å². The van der Waals surface area contributed by atoms with Gasteiger partial charge < -0.3 is 9.30 Å². The molecule has 0 radical (unpaired) electrons. The van der Waals surface area contributed by atoms with E-state index in [9.17, 15) is 14.4 Å². The highest BCUT2D eigenvalue weighted by atomic mass is 127. The first-order chi connectivity index (χ1) is 12.5. The number of esters is 1. The van der Waals surface area contributed by atoms with Gasteiger partial charge in [-0.3, -0.25) is 19.3 Å². The summed E-state index contributed by atoms with van der Waals surface area (Å²) in [5, 5.41) is -0.471. The van der Waals surface area contributed by atoms with Crippen LogP contribution < -0.4 is 0 Å². The molecule has 2 amide bonds. The molecule has 134 valence electrons. The third-order valence-electron chi connectivity index (χ3n) is 3.63. The van der Waals surface area contributed by atoms with E-state index in [4.69, 9.17) is 4.74 Å². The van der Waals surface area contributed by atoms with Crippen molar-refractivity contribution < 1.29 is 19.1 Å². The van der Waals surface area contributed by atoms with Gasteiger partial charge >= 0.3 is 5.97 Å². The fraction of sp³-hybridized carbons (Fsp3) is 0.167. The van der Waals surface area contributed by atoms with Crippen molar-refractivity contribution in [3.05, 3.63) is 56.8 Å². The lowest BCUT2D eigenvalue weighted by atomic mass is 10.3. The van der Waals surface area contributed by atoms with Gasteiger partial charge in [-0.2, -0.15) is 0 Å². The Hall–Kier alpha value is -2.07. The Bertz CT molecular complexity index is 889. The van der Waals surface area contributed by atoms with E-state index in [-0.39, 0.29) is 18.1 Å². The van der Waals surface area contributed by atoms with Gasteiger partial charge in [-0.05, 0) is 83.8 Å². The fourth-order valence-corrected chi connectivity index (χ4v) is 3.64. The summed E-state index contributed by atoms with van der Waals surface area (Å²) in [6, 6.07) is 11.7. The SMILES string of the molecule is CCOC(=O)CN1C(=O)SC(=Cc2cccn2-c2ccc(I)cc2)C1=O. The lowest BCUT2D eigenvalue weighted by Gasteiger charge is -2.11. The number of hydrogen-bond donors (Lipinski definition) is 0. The molecule has 6 nitrogen and oxygen atoms in total. The molecule has 1 aliphatic heterocycles. The van der Waals surface area contributed by atoms with Gasteiger partial charge in [-0.15, -0.1) is 0 Å². The van der Waals surface area contributed by atoms with Crippen LogP contribution in [0.4, 0.5) is 4.79 Å². The number of halogens is 1. The van der Waals surface area contributed by atoms with Crippen molar-refractivity contribution in [1.29, 1.82) is 0 Å². The van der Waals surface area contributed by atoms with E-state index < -0.39 is 17.1 Å². The van der Waals surface area contributed by atoms with Gasteiger partial charge in [0.1, 0.15) is 6.54 Å².